The molecule has 2 rings (SSSR count). The van der Waals surface area contributed by atoms with E-state index in [1.165, 1.54) is 37.3 Å². The lowest BCUT2D eigenvalue weighted by atomic mass is 9.98. The highest BCUT2D eigenvalue weighted by molar-refractivity contribution is 7.90. The van der Waals surface area contributed by atoms with Crippen LogP contribution in [0.4, 0.5) is 13.2 Å². The minimum absolute atomic E-state index is 0.0155. The van der Waals surface area contributed by atoms with Crippen molar-refractivity contribution in [1.29, 1.82) is 0 Å². The second-order valence-electron chi connectivity index (χ2n) is 6.01. The molecule has 0 bridgehead atoms. The first-order valence-electron chi connectivity index (χ1n) is 7.24. The monoisotopic (exact) mass is 392 g/mol. The fraction of sp³-hybridized carbons (Fsp3) is 0.294. The van der Waals surface area contributed by atoms with Gasteiger partial charge in [0.25, 0.3) is 0 Å². The Bertz CT molecular complexity index is 844. The van der Waals surface area contributed by atoms with Gasteiger partial charge in [-0.05, 0) is 36.2 Å². The molecule has 0 aliphatic rings. The molecule has 136 valence electrons. The Kier molecular flexibility index (Phi) is 5.51. The third-order valence-corrected chi connectivity index (χ3v) is 5.64. The lowest BCUT2D eigenvalue weighted by Gasteiger charge is -2.24. The first-order valence-corrected chi connectivity index (χ1v) is 9.44. The lowest BCUT2D eigenvalue weighted by Crippen LogP contribution is -2.31. The highest BCUT2D eigenvalue weighted by atomic mass is 35.5. The zero-order valence-electron chi connectivity index (χ0n) is 13.2. The molecule has 3 nitrogen and oxygen atoms in total. The van der Waals surface area contributed by atoms with Crippen LogP contribution in [0.2, 0.25) is 5.02 Å². The van der Waals surface area contributed by atoms with Crippen molar-refractivity contribution in [1.82, 2.24) is 0 Å². The van der Waals surface area contributed by atoms with Gasteiger partial charge < -0.3 is 5.11 Å². The molecule has 1 atom stereocenters. The van der Waals surface area contributed by atoms with E-state index in [9.17, 15) is 26.7 Å². The van der Waals surface area contributed by atoms with Crippen LogP contribution < -0.4 is 0 Å². The number of hydrogen-bond donors (Lipinski definition) is 1. The summed E-state index contributed by atoms with van der Waals surface area (Å²) in [5.41, 5.74) is -2.23. The summed E-state index contributed by atoms with van der Waals surface area (Å²) in [6.07, 6.45) is -4.55. The zero-order chi connectivity index (χ0) is 18.9. The summed E-state index contributed by atoms with van der Waals surface area (Å²) in [4.78, 5) is 0. The molecule has 0 radical (unpaired) electrons. The standard InChI is InChI=1S/C17H16ClF3O3S/c1-16(22,13-5-7-15(18)8-6-13)11-25(23,24)10-12-3-2-4-14(9-12)17(19,20)21/h2-9,22H,10-11H2,1H3/t16-/m1/s1. The molecule has 0 saturated heterocycles. The predicted octanol–water partition coefficient (Wildman–Crippen LogP) is 4.18. The van der Waals surface area contributed by atoms with Crippen LogP contribution in [0.5, 0.6) is 0 Å². The number of aliphatic hydroxyl groups is 1. The molecule has 0 saturated carbocycles. The van der Waals surface area contributed by atoms with Gasteiger partial charge in [0.1, 0.15) is 5.60 Å². The van der Waals surface area contributed by atoms with Crippen LogP contribution in [0.3, 0.4) is 0 Å². The Balaban J connectivity index is 2.20. The molecule has 2 aromatic rings. The molecule has 0 amide bonds. The average Bonchev–Trinajstić information content (AvgIpc) is 2.45. The number of benzene rings is 2. The summed E-state index contributed by atoms with van der Waals surface area (Å²) >= 11 is 5.76. The molecule has 1 N–H and O–H groups in total. The van der Waals surface area contributed by atoms with Crippen LogP contribution >= 0.6 is 11.6 Å². The SMILES string of the molecule is C[C@@](O)(CS(=O)(=O)Cc1cccc(C(F)(F)F)c1)c1ccc(Cl)cc1. The summed E-state index contributed by atoms with van der Waals surface area (Å²) in [6.45, 7) is 1.33. The van der Waals surface area contributed by atoms with Gasteiger partial charge in [-0.15, -0.1) is 0 Å². The van der Waals surface area contributed by atoms with E-state index in [1.54, 1.807) is 0 Å². The van der Waals surface area contributed by atoms with Crippen molar-refractivity contribution in [3.05, 3.63) is 70.2 Å². The molecule has 0 unspecified atom stereocenters. The van der Waals surface area contributed by atoms with Crippen molar-refractivity contribution in [2.24, 2.45) is 0 Å². The molecule has 25 heavy (non-hydrogen) atoms. The third kappa shape index (κ3) is 5.45. The van der Waals surface area contributed by atoms with Gasteiger partial charge in [-0.2, -0.15) is 13.2 Å². The number of halogens is 4. The maximum Gasteiger partial charge on any atom is 0.416 e. The predicted molar refractivity (Wildman–Crippen MR) is 90.0 cm³/mol. The molecule has 0 aromatic heterocycles. The Morgan fingerprint density at radius 1 is 1.04 bits per heavy atom. The first-order chi connectivity index (χ1) is 11.4. The molecule has 0 aliphatic carbocycles. The Hall–Kier alpha value is -1.57. The second kappa shape index (κ2) is 6.97. The van der Waals surface area contributed by atoms with E-state index in [0.717, 1.165) is 18.2 Å². The van der Waals surface area contributed by atoms with Crippen LogP contribution in [-0.4, -0.2) is 19.3 Å². The van der Waals surface area contributed by atoms with Gasteiger partial charge in [0.15, 0.2) is 9.84 Å². The van der Waals surface area contributed by atoms with Gasteiger partial charge in [0.05, 0.1) is 17.1 Å². The topological polar surface area (TPSA) is 54.4 Å². The van der Waals surface area contributed by atoms with Gasteiger partial charge >= 0.3 is 6.18 Å². The number of sulfone groups is 1. The Morgan fingerprint density at radius 3 is 2.20 bits per heavy atom. The summed E-state index contributed by atoms with van der Waals surface area (Å²) in [5.74, 6) is -1.22. The van der Waals surface area contributed by atoms with Crippen LogP contribution in [0.15, 0.2) is 48.5 Å². The van der Waals surface area contributed by atoms with Crippen molar-refractivity contribution in [3.63, 3.8) is 0 Å². The van der Waals surface area contributed by atoms with Crippen LogP contribution in [-0.2, 0) is 27.4 Å². The summed E-state index contributed by atoms with van der Waals surface area (Å²) < 4.78 is 62.9. The minimum atomic E-state index is -4.55. The van der Waals surface area contributed by atoms with Gasteiger partial charge in [0.2, 0.25) is 0 Å². The summed E-state index contributed by atoms with van der Waals surface area (Å²) in [5, 5.41) is 10.9. The van der Waals surface area contributed by atoms with Crippen LogP contribution in [0.1, 0.15) is 23.6 Å². The zero-order valence-corrected chi connectivity index (χ0v) is 14.8. The molecule has 0 heterocycles. The molecule has 0 spiro atoms. The second-order valence-corrected chi connectivity index (χ2v) is 8.51. The quantitative estimate of drug-likeness (QED) is 0.830. The van der Waals surface area contributed by atoms with E-state index in [0.29, 0.717) is 10.6 Å². The summed E-state index contributed by atoms with van der Waals surface area (Å²) in [6, 6.07) is 10.2. The van der Waals surface area contributed by atoms with E-state index < -0.39 is 38.7 Å². The first kappa shape index (κ1) is 19.8. The highest BCUT2D eigenvalue weighted by Crippen LogP contribution is 2.30. The van der Waals surface area contributed by atoms with Crippen molar-refractivity contribution >= 4 is 21.4 Å². The van der Waals surface area contributed by atoms with Crippen molar-refractivity contribution < 1.29 is 26.7 Å². The van der Waals surface area contributed by atoms with Gasteiger partial charge in [-0.1, -0.05) is 41.9 Å². The molecule has 8 heteroatoms. The van der Waals surface area contributed by atoms with Gasteiger partial charge in [0, 0.05) is 5.02 Å². The molecular formula is C17H16ClF3O3S. The largest absolute Gasteiger partial charge is 0.416 e. The Morgan fingerprint density at radius 2 is 1.64 bits per heavy atom. The molecular weight excluding hydrogens is 377 g/mol. The van der Waals surface area contributed by atoms with Gasteiger partial charge in [-0.25, -0.2) is 8.42 Å². The number of rotatable bonds is 5. The van der Waals surface area contributed by atoms with E-state index in [1.807, 2.05) is 0 Å². The normalized spacial score (nSPS) is 15.0. The number of hydrogen-bond acceptors (Lipinski definition) is 3. The number of alkyl halides is 3. The van der Waals surface area contributed by atoms with E-state index in [4.69, 9.17) is 11.6 Å². The van der Waals surface area contributed by atoms with E-state index in [2.05, 4.69) is 0 Å². The summed E-state index contributed by atoms with van der Waals surface area (Å²) in [7, 11) is -3.86. The fourth-order valence-corrected chi connectivity index (χ4v) is 4.40. The lowest BCUT2D eigenvalue weighted by molar-refractivity contribution is -0.137. The smallest absolute Gasteiger partial charge is 0.384 e. The maximum atomic E-state index is 12.7. The minimum Gasteiger partial charge on any atom is -0.384 e. The van der Waals surface area contributed by atoms with Crippen LogP contribution in [0, 0.1) is 0 Å². The van der Waals surface area contributed by atoms with E-state index in [-0.39, 0.29) is 5.56 Å². The van der Waals surface area contributed by atoms with Gasteiger partial charge in [-0.3, -0.25) is 0 Å². The van der Waals surface area contributed by atoms with Crippen molar-refractivity contribution in [3.8, 4) is 0 Å². The average molecular weight is 393 g/mol. The Labute approximate surface area is 149 Å². The molecule has 0 aliphatic heterocycles. The van der Waals surface area contributed by atoms with Crippen LogP contribution in [0.25, 0.3) is 0 Å². The fourth-order valence-electron chi connectivity index (χ4n) is 2.46. The third-order valence-electron chi connectivity index (χ3n) is 3.61. The van der Waals surface area contributed by atoms with Crippen molar-refractivity contribution in [2.45, 2.75) is 24.5 Å². The molecule has 0 fully saturated rings. The maximum absolute atomic E-state index is 12.7. The highest BCUT2D eigenvalue weighted by Gasteiger charge is 2.32. The van der Waals surface area contributed by atoms with Crippen molar-refractivity contribution in [2.75, 3.05) is 5.75 Å². The molecule has 2 aromatic carbocycles. The van der Waals surface area contributed by atoms with E-state index >= 15 is 0 Å².